The van der Waals surface area contributed by atoms with E-state index in [1.807, 2.05) is 6.07 Å². The number of hydrogen-bond acceptors (Lipinski definition) is 3. The van der Waals surface area contributed by atoms with Gasteiger partial charge >= 0.3 is 0 Å². The molecule has 2 saturated carbocycles. The summed E-state index contributed by atoms with van der Waals surface area (Å²) in [6.45, 7) is 1.06. The van der Waals surface area contributed by atoms with Gasteiger partial charge in [-0.15, -0.1) is 0 Å². The highest BCUT2D eigenvalue weighted by atomic mass is 16.7. The lowest BCUT2D eigenvalue weighted by Crippen LogP contribution is -2.45. The molecule has 124 valence electrons. The van der Waals surface area contributed by atoms with Crippen molar-refractivity contribution >= 4 is 5.91 Å². The largest absolute Gasteiger partial charge is 0.454 e. The molecule has 0 aromatic heterocycles. The van der Waals surface area contributed by atoms with Gasteiger partial charge in [0.2, 0.25) is 12.7 Å². The smallest absolute Gasteiger partial charge is 0.231 e. The monoisotopic (exact) mass is 315 g/mol. The first-order valence-electron chi connectivity index (χ1n) is 8.95. The molecule has 4 rings (SSSR count). The minimum atomic E-state index is 0.0542. The van der Waals surface area contributed by atoms with Crippen LogP contribution in [0.15, 0.2) is 18.2 Å². The Morgan fingerprint density at radius 1 is 1.09 bits per heavy atom. The predicted octanol–water partition coefficient (Wildman–Crippen LogP) is 3.53. The van der Waals surface area contributed by atoms with Gasteiger partial charge < -0.3 is 14.8 Å². The second-order valence-electron chi connectivity index (χ2n) is 7.25. The molecule has 1 aliphatic heterocycles. The highest BCUT2D eigenvalue weighted by Crippen LogP contribution is 2.43. The number of rotatable bonds is 4. The maximum atomic E-state index is 12.3. The molecule has 23 heavy (non-hydrogen) atoms. The van der Waals surface area contributed by atoms with Crippen LogP contribution in [0.25, 0.3) is 0 Å². The van der Waals surface area contributed by atoms with Crippen LogP contribution in [0.4, 0.5) is 0 Å². The minimum absolute atomic E-state index is 0.0542. The Kier molecular flexibility index (Phi) is 3.92. The number of nitrogens with one attached hydrogen (secondary N) is 1. The fourth-order valence-electron chi connectivity index (χ4n) is 4.09. The molecule has 1 heterocycles. The van der Waals surface area contributed by atoms with Gasteiger partial charge in [-0.05, 0) is 43.4 Å². The summed E-state index contributed by atoms with van der Waals surface area (Å²) in [7, 11) is 0. The molecule has 3 aliphatic rings. The van der Waals surface area contributed by atoms with Crippen LogP contribution < -0.4 is 14.8 Å². The zero-order chi connectivity index (χ0) is 15.7. The van der Waals surface area contributed by atoms with Crippen LogP contribution in [0.2, 0.25) is 0 Å². The van der Waals surface area contributed by atoms with Crippen molar-refractivity contribution in [3.63, 3.8) is 0 Å². The fraction of sp³-hybridized carbons (Fsp3) is 0.632. The maximum absolute atomic E-state index is 12.3. The average Bonchev–Trinajstić information content (AvgIpc) is 3.00. The number of carbonyl (C=O) groups excluding carboxylic acids is 1. The fourth-order valence-corrected chi connectivity index (χ4v) is 4.09. The van der Waals surface area contributed by atoms with Crippen molar-refractivity contribution < 1.29 is 14.3 Å². The molecule has 2 fully saturated rings. The van der Waals surface area contributed by atoms with Gasteiger partial charge in [0.25, 0.3) is 0 Å². The first kappa shape index (κ1) is 14.9. The van der Waals surface area contributed by atoms with Crippen molar-refractivity contribution in [1.82, 2.24) is 5.32 Å². The Hall–Kier alpha value is -1.71. The number of fused-ring (bicyclic) bond motifs is 1. The van der Waals surface area contributed by atoms with E-state index in [2.05, 4.69) is 17.4 Å². The molecule has 0 bridgehead atoms. The quantitative estimate of drug-likeness (QED) is 0.924. The molecule has 0 radical (unpaired) electrons. The molecular formula is C19H25NO3. The van der Waals surface area contributed by atoms with E-state index in [-0.39, 0.29) is 17.2 Å². The number of amides is 1. The lowest BCUT2D eigenvalue weighted by atomic mass is 9.69. The first-order valence-corrected chi connectivity index (χ1v) is 8.95. The average molecular weight is 315 g/mol. The van der Waals surface area contributed by atoms with Gasteiger partial charge in [-0.2, -0.15) is 0 Å². The molecule has 0 atom stereocenters. The summed E-state index contributed by atoms with van der Waals surface area (Å²) in [5, 5.41) is 3.25. The topological polar surface area (TPSA) is 47.6 Å². The molecule has 4 heteroatoms. The molecule has 1 amide bonds. The van der Waals surface area contributed by atoms with E-state index in [0.29, 0.717) is 6.79 Å². The molecule has 0 unspecified atom stereocenters. The summed E-state index contributed by atoms with van der Waals surface area (Å²) in [5.41, 5.74) is 1.34. The van der Waals surface area contributed by atoms with Gasteiger partial charge in [0.15, 0.2) is 11.5 Å². The molecule has 4 nitrogen and oxygen atoms in total. The van der Waals surface area contributed by atoms with Crippen molar-refractivity contribution in [2.75, 3.05) is 13.3 Å². The Morgan fingerprint density at radius 2 is 1.87 bits per heavy atom. The highest BCUT2D eigenvalue weighted by molar-refractivity contribution is 5.79. The zero-order valence-corrected chi connectivity index (χ0v) is 13.6. The van der Waals surface area contributed by atoms with E-state index in [9.17, 15) is 4.79 Å². The molecule has 2 aliphatic carbocycles. The maximum Gasteiger partial charge on any atom is 0.231 e. The van der Waals surface area contributed by atoms with E-state index in [1.165, 1.54) is 31.2 Å². The zero-order valence-electron chi connectivity index (χ0n) is 13.6. The van der Waals surface area contributed by atoms with Gasteiger partial charge in [0, 0.05) is 17.9 Å². The second kappa shape index (κ2) is 6.06. The number of benzene rings is 1. The van der Waals surface area contributed by atoms with E-state index < -0.39 is 0 Å². The predicted molar refractivity (Wildman–Crippen MR) is 87.7 cm³/mol. The Bertz CT molecular complexity index is 588. The van der Waals surface area contributed by atoms with E-state index >= 15 is 0 Å². The van der Waals surface area contributed by atoms with Gasteiger partial charge in [0.05, 0.1) is 0 Å². The van der Waals surface area contributed by atoms with Crippen LogP contribution >= 0.6 is 0 Å². The normalized spacial score (nSPS) is 22.4. The molecule has 0 saturated heterocycles. The molecular weight excluding hydrogens is 290 g/mol. The van der Waals surface area contributed by atoms with Crippen molar-refractivity contribution in [3.8, 4) is 11.5 Å². The van der Waals surface area contributed by atoms with Gasteiger partial charge in [-0.1, -0.05) is 31.7 Å². The third-order valence-electron chi connectivity index (χ3n) is 5.87. The standard InChI is InChI=1S/C19H25NO3/c21-18(14-5-4-6-14)20-12-19(9-2-1-3-10-19)15-7-8-16-17(11-15)23-13-22-16/h7-8,11,14H,1-6,9-10,12-13H2,(H,20,21). The van der Waals surface area contributed by atoms with Crippen molar-refractivity contribution in [2.45, 2.75) is 56.8 Å². The van der Waals surface area contributed by atoms with Crippen LogP contribution in [-0.2, 0) is 10.2 Å². The van der Waals surface area contributed by atoms with Crippen LogP contribution in [0, 0.1) is 5.92 Å². The summed E-state index contributed by atoms with van der Waals surface area (Å²) >= 11 is 0. The summed E-state index contributed by atoms with van der Waals surface area (Å²) in [4.78, 5) is 12.3. The summed E-state index contributed by atoms with van der Waals surface area (Å²) in [5.74, 6) is 2.19. The molecule has 1 N–H and O–H groups in total. The van der Waals surface area contributed by atoms with Crippen molar-refractivity contribution in [3.05, 3.63) is 23.8 Å². The molecule has 0 spiro atoms. The Labute approximate surface area is 137 Å². The number of ether oxygens (including phenoxy) is 2. The van der Waals surface area contributed by atoms with Crippen LogP contribution in [0.3, 0.4) is 0 Å². The summed E-state index contributed by atoms with van der Waals surface area (Å²) in [6, 6.07) is 6.30. The van der Waals surface area contributed by atoms with Crippen LogP contribution in [0.5, 0.6) is 11.5 Å². The van der Waals surface area contributed by atoms with E-state index in [4.69, 9.17) is 9.47 Å². The van der Waals surface area contributed by atoms with E-state index in [1.54, 1.807) is 0 Å². The van der Waals surface area contributed by atoms with Gasteiger partial charge in [-0.25, -0.2) is 0 Å². The van der Waals surface area contributed by atoms with Crippen LogP contribution in [-0.4, -0.2) is 19.2 Å². The lowest BCUT2D eigenvalue weighted by Gasteiger charge is -2.39. The number of carbonyl (C=O) groups is 1. The first-order chi connectivity index (χ1) is 11.3. The SMILES string of the molecule is O=C(NCC1(c2ccc3c(c2)OCO3)CCCCC1)C1CCC1. The number of hydrogen-bond donors (Lipinski definition) is 1. The second-order valence-corrected chi connectivity index (χ2v) is 7.25. The molecule has 1 aromatic carbocycles. The van der Waals surface area contributed by atoms with E-state index in [0.717, 1.165) is 43.7 Å². The van der Waals surface area contributed by atoms with Gasteiger partial charge in [0.1, 0.15) is 0 Å². The third-order valence-corrected chi connectivity index (χ3v) is 5.87. The third kappa shape index (κ3) is 2.79. The summed E-state index contributed by atoms with van der Waals surface area (Å²) < 4.78 is 11.0. The summed E-state index contributed by atoms with van der Waals surface area (Å²) in [6.07, 6.45) is 9.34. The van der Waals surface area contributed by atoms with Crippen molar-refractivity contribution in [1.29, 1.82) is 0 Å². The van der Waals surface area contributed by atoms with Crippen LogP contribution in [0.1, 0.15) is 56.9 Å². The lowest BCUT2D eigenvalue weighted by molar-refractivity contribution is -0.127. The molecule has 1 aromatic rings. The Morgan fingerprint density at radius 3 is 2.61 bits per heavy atom. The van der Waals surface area contributed by atoms with Gasteiger partial charge in [-0.3, -0.25) is 4.79 Å². The van der Waals surface area contributed by atoms with Crippen molar-refractivity contribution in [2.24, 2.45) is 5.92 Å². The minimum Gasteiger partial charge on any atom is -0.454 e. The highest BCUT2D eigenvalue weighted by Gasteiger charge is 2.36. The Balaban J connectivity index is 1.54.